The molecule has 0 aliphatic carbocycles. The minimum atomic E-state index is -0.994. The van der Waals surface area contributed by atoms with E-state index in [0.717, 1.165) is 44.0 Å². The normalized spacial score (nSPS) is 11.2. The molecule has 0 amide bonds. The number of rotatable bonds is 6. The van der Waals surface area contributed by atoms with Gasteiger partial charge in [0.05, 0.1) is 60.8 Å². The van der Waals surface area contributed by atoms with Crippen LogP contribution in [0.5, 0.6) is 0 Å². The van der Waals surface area contributed by atoms with Crippen LogP contribution in [0.15, 0.2) is 104 Å². The lowest BCUT2D eigenvalue weighted by atomic mass is 10.1. The lowest BCUT2D eigenvalue weighted by molar-refractivity contribution is 0.0601. The number of pyridine rings is 3. The number of carboxylic acids is 1. The van der Waals surface area contributed by atoms with Crippen LogP contribution >= 0.6 is 46.4 Å². The van der Waals surface area contributed by atoms with E-state index in [0.29, 0.717) is 44.5 Å². The van der Waals surface area contributed by atoms with Crippen LogP contribution in [0.1, 0.15) is 31.8 Å². The van der Waals surface area contributed by atoms with E-state index < -0.39 is 11.9 Å². The largest absolute Gasteiger partial charge is 0.478 e. The molecule has 9 nitrogen and oxygen atoms in total. The first kappa shape index (κ1) is 34.3. The summed E-state index contributed by atoms with van der Waals surface area (Å²) < 4.78 is 8.72. The summed E-state index contributed by atoms with van der Waals surface area (Å²) in [7, 11) is 1.34. The van der Waals surface area contributed by atoms with Crippen LogP contribution in [0.2, 0.25) is 20.2 Å². The van der Waals surface area contributed by atoms with Crippen molar-refractivity contribution in [1.29, 1.82) is 0 Å². The molecule has 0 atom stereocenters. The number of fused-ring (bicyclic) bond motifs is 4. The first-order chi connectivity index (χ1) is 24.6. The smallest absolute Gasteiger partial charge is 0.340 e. The Labute approximate surface area is 310 Å². The summed E-state index contributed by atoms with van der Waals surface area (Å²) in [6, 6.07) is 22.8. The van der Waals surface area contributed by atoms with E-state index in [4.69, 9.17) is 51.1 Å². The molecule has 5 aromatic heterocycles. The standard InChI is InChI=1S/C19H13Cl2N3O2.C19H12Cl2N2O2/c1-26-19(25)14-10-24(16-4-5-22-18(21)17(14)16)9-11-2-3-15-12(6-11)7-13(20)8-23-15;20-13-7-12-6-11(4-5-16(12)22-8-13)9-23-10-14(19(24)25)18-15(21)2-1-3-17(18)23/h2-8,10H,9H2,1H3;1-8,10H,9H2,(H,24,25). The second-order valence-corrected chi connectivity index (χ2v) is 13.3. The number of carboxylic acid groups (broad SMARTS) is 1. The molecular weight excluding hydrogens is 732 g/mol. The molecule has 254 valence electrons. The summed E-state index contributed by atoms with van der Waals surface area (Å²) in [5, 5.41) is 14.4. The minimum absolute atomic E-state index is 0.200. The SMILES string of the molecule is COC(=O)c1cn(Cc2ccc3ncc(Cl)cc3c2)c2ccnc(Cl)c12.O=C(O)c1cn(Cc2ccc3ncc(Cl)cc3c2)c2cccc(Cl)c12. The number of esters is 1. The number of carbonyl (C=O) groups excluding carboxylic acids is 1. The van der Waals surface area contributed by atoms with E-state index in [9.17, 15) is 14.7 Å². The number of methoxy groups -OCH3 is 1. The topological polar surface area (TPSA) is 112 Å². The zero-order chi connectivity index (χ0) is 35.8. The highest BCUT2D eigenvalue weighted by molar-refractivity contribution is 6.37. The summed E-state index contributed by atoms with van der Waals surface area (Å²) in [5.74, 6) is -1.44. The maximum Gasteiger partial charge on any atom is 0.340 e. The molecule has 13 heteroatoms. The first-order valence-electron chi connectivity index (χ1n) is 15.4. The number of benzene rings is 3. The van der Waals surface area contributed by atoms with E-state index in [1.54, 1.807) is 37.1 Å². The minimum Gasteiger partial charge on any atom is -0.478 e. The average Bonchev–Trinajstić information content (AvgIpc) is 3.68. The Morgan fingerprint density at radius 3 is 1.84 bits per heavy atom. The quantitative estimate of drug-likeness (QED) is 0.133. The van der Waals surface area contributed by atoms with Crippen LogP contribution in [0.3, 0.4) is 0 Å². The van der Waals surface area contributed by atoms with Gasteiger partial charge in [0.1, 0.15) is 5.15 Å². The molecule has 0 fully saturated rings. The molecule has 1 N–H and O–H groups in total. The molecule has 5 heterocycles. The van der Waals surface area contributed by atoms with Crippen molar-refractivity contribution < 1.29 is 19.4 Å². The van der Waals surface area contributed by atoms with Gasteiger partial charge in [0.25, 0.3) is 0 Å². The molecule has 51 heavy (non-hydrogen) atoms. The van der Waals surface area contributed by atoms with Crippen molar-refractivity contribution in [2.24, 2.45) is 0 Å². The summed E-state index contributed by atoms with van der Waals surface area (Å²) in [4.78, 5) is 36.3. The molecule has 8 aromatic rings. The fourth-order valence-electron chi connectivity index (χ4n) is 6.10. The first-order valence-corrected chi connectivity index (χ1v) is 16.9. The van der Waals surface area contributed by atoms with Gasteiger partial charge in [-0.15, -0.1) is 0 Å². The Morgan fingerprint density at radius 2 is 1.27 bits per heavy atom. The van der Waals surface area contributed by atoms with Gasteiger partial charge in [-0.05, 0) is 65.7 Å². The van der Waals surface area contributed by atoms with Crippen molar-refractivity contribution in [3.63, 3.8) is 0 Å². The number of halogens is 4. The Balaban J connectivity index is 0.000000159. The molecule has 0 aliphatic rings. The van der Waals surface area contributed by atoms with Gasteiger partial charge in [0, 0.05) is 60.2 Å². The Kier molecular flexibility index (Phi) is 9.54. The van der Waals surface area contributed by atoms with Gasteiger partial charge < -0.3 is 19.0 Å². The summed E-state index contributed by atoms with van der Waals surface area (Å²) in [6.45, 7) is 1.07. The van der Waals surface area contributed by atoms with Crippen LogP contribution in [0, 0.1) is 0 Å². The van der Waals surface area contributed by atoms with Crippen LogP contribution in [-0.4, -0.2) is 48.2 Å². The average molecular weight is 757 g/mol. The molecular formula is C38H25Cl4N5O4. The second kappa shape index (κ2) is 14.2. The Bertz CT molecular complexity index is 2650. The third kappa shape index (κ3) is 6.94. The lowest BCUT2D eigenvalue weighted by Crippen LogP contribution is -2.01. The molecule has 3 aromatic carbocycles. The van der Waals surface area contributed by atoms with E-state index in [1.165, 1.54) is 7.11 Å². The van der Waals surface area contributed by atoms with Crippen molar-refractivity contribution in [2.45, 2.75) is 13.1 Å². The molecule has 0 unspecified atom stereocenters. The van der Waals surface area contributed by atoms with E-state index in [1.807, 2.05) is 75.9 Å². The number of hydrogen-bond donors (Lipinski definition) is 1. The Morgan fingerprint density at radius 1 is 0.706 bits per heavy atom. The van der Waals surface area contributed by atoms with Crippen molar-refractivity contribution in [3.05, 3.63) is 146 Å². The molecule has 0 aliphatic heterocycles. The fraction of sp³-hybridized carbons (Fsp3) is 0.0789. The Hall–Kier alpha value is -5.19. The van der Waals surface area contributed by atoms with Crippen LogP contribution in [0.25, 0.3) is 43.6 Å². The van der Waals surface area contributed by atoms with Crippen molar-refractivity contribution in [2.75, 3.05) is 7.11 Å². The van der Waals surface area contributed by atoms with E-state index in [-0.39, 0.29) is 10.7 Å². The highest BCUT2D eigenvalue weighted by Crippen LogP contribution is 2.31. The maximum atomic E-state index is 12.1. The van der Waals surface area contributed by atoms with E-state index >= 15 is 0 Å². The van der Waals surface area contributed by atoms with Crippen LogP contribution in [-0.2, 0) is 17.8 Å². The molecule has 0 bridgehead atoms. The highest BCUT2D eigenvalue weighted by atomic mass is 35.5. The van der Waals surface area contributed by atoms with Crippen LogP contribution < -0.4 is 0 Å². The third-order valence-electron chi connectivity index (χ3n) is 8.37. The number of nitrogens with zero attached hydrogens (tertiary/aromatic N) is 5. The zero-order valence-corrected chi connectivity index (χ0v) is 29.7. The van der Waals surface area contributed by atoms with Gasteiger partial charge in [0.2, 0.25) is 0 Å². The molecule has 0 saturated heterocycles. The number of aromatic carboxylic acids is 1. The van der Waals surface area contributed by atoms with Gasteiger partial charge in [0.15, 0.2) is 0 Å². The lowest BCUT2D eigenvalue weighted by Gasteiger charge is -2.07. The van der Waals surface area contributed by atoms with E-state index in [2.05, 4.69) is 15.0 Å². The second-order valence-electron chi connectivity index (χ2n) is 11.6. The predicted molar refractivity (Wildman–Crippen MR) is 202 cm³/mol. The number of aromatic nitrogens is 5. The summed E-state index contributed by atoms with van der Waals surface area (Å²) in [5.41, 5.74) is 5.99. The van der Waals surface area contributed by atoms with Gasteiger partial charge >= 0.3 is 11.9 Å². The number of ether oxygens (including phenoxy) is 1. The molecule has 0 saturated carbocycles. The third-order valence-corrected chi connectivity index (χ3v) is 9.38. The van der Waals surface area contributed by atoms with Gasteiger partial charge in [-0.1, -0.05) is 64.6 Å². The summed E-state index contributed by atoms with van der Waals surface area (Å²) in [6.07, 6.45) is 8.22. The van der Waals surface area contributed by atoms with Crippen LogP contribution in [0.4, 0.5) is 0 Å². The summed E-state index contributed by atoms with van der Waals surface area (Å²) >= 11 is 24.5. The molecule has 0 spiro atoms. The zero-order valence-electron chi connectivity index (χ0n) is 26.6. The van der Waals surface area contributed by atoms with Crippen molar-refractivity contribution in [3.8, 4) is 0 Å². The van der Waals surface area contributed by atoms with Gasteiger partial charge in [-0.2, -0.15) is 0 Å². The molecule has 8 rings (SSSR count). The predicted octanol–water partition coefficient (Wildman–Crippen LogP) is 9.97. The number of carbonyl (C=O) groups is 2. The fourth-order valence-corrected chi connectivity index (χ4v) is 6.96. The maximum absolute atomic E-state index is 12.1. The van der Waals surface area contributed by atoms with Gasteiger partial charge in [-0.3, -0.25) is 9.97 Å². The monoisotopic (exact) mass is 755 g/mol. The molecule has 0 radical (unpaired) electrons. The van der Waals surface area contributed by atoms with Crippen molar-refractivity contribution in [1.82, 2.24) is 24.1 Å². The van der Waals surface area contributed by atoms with Gasteiger partial charge in [-0.25, -0.2) is 14.6 Å². The van der Waals surface area contributed by atoms with Crippen molar-refractivity contribution >= 4 is 102 Å². The highest BCUT2D eigenvalue weighted by Gasteiger charge is 2.19. The number of hydrogen-bond acceptors (Lipinski definition) is 6.